The molecule has 28 heavy (non-hydrogen) atoms. The zero-order chi connectivity index (χ0) is 19.8. The van der Waals surface area contributed by atoms with Crippen LogP contribution in [0.5, 0.6) is 0 Å². The number of anilines is 1. The van der Waals surface area contributed by atoms with E-state index < -0.39 is 0 Å². The first-order chi connectivity index (χ1) is 13.7. The second-order valence-corrected chi connectivity index (χ2v) is 7.75. The number of nitro groups is 1. The SMILES string of the molecule is CCCCCCCCCN1CCN(c2ccc3cc([N+](=O)[O-])ccc3n2)CC1. The Hall–Kier alpha value is -2.21. The molecule has 6 nitrogen and oxygen atoms in total. The molecule has 6 heteroatoms. The summed E-state index contributed by atoms with van der Waals surface area (Å²) in [6.07, 6.45) is 9.50. The predicted octanol–water partition coefficient (Wildman–Crippen LogP) is 5.02. The number of hydrogen-bond acceptors (Lipinski definition) is 5. The van der Waals surface area contributed by atoms with E-state index in [-0.39, 0.29) is 10.6 Å². The van der Waals surface area contributed by atoms with E-state index in [4.69, 9.17) is 4.98 Å². The van der Waals surface area contributed by atoms with Gasteiger partial charge in [-0.3, -0.25) is 15.0 Å². The zero-order valence-corrected chi connectivity index (χ0v) is 17.0. The first-order valence-electron chi connectivity index (χ1n) is 10.7. The van der Waals surface area contributed by atoms with Crippen molar-refractivity contribution in [1.82, 2.24) is 9.88 Å². The minimum absolute atomic E-state index is 0.112. The van der Waals surface area contributed by atoms with Crippen LogP contribution in [0, 0.1) is 10.1 Å². The Morgan fingerprint density at radius 2 is 1.68 bits per heavy atom. The Bertz CT molecular complexity index is 772. The lowest BCUT2D eigenvalue weighted by Crippen LogP contribution is -2.46. The number of fused-ring (bicyclic) bond motifs is 1. The standard InChI is InChI=1S/C22H32N4O2/c1-2-3-4-5-6-7-8-13-24-14-16-25(17-15-24)22-12-9-19-18-20(26(27)28)10-11-21(19)23-22/h9-12,18H,2-8,13-17H2,1H3. The van der Waals surface area contributed by atoms with Crippen LogP contribution in [0.25, 0.3) is 10.9 Å². The van der Waals surface area contributed by atoms with E-state index in [9.17, 15) is 10.1 Å². The third kappa shape index (κ3) is 5.64. The Morgan fingerprint density at radius 3 is 2.39 bits per heavy atom. The van der Waals surface area contributed by atoms with Gasteiger partial charge in [0.25, 0.3) is 5.69 Å². The minimum atomic E-state index is -0.363. The molecule has 2 heterocycles. The Morgan fingerprint density at radius 1 is 0.964 bits per heavy atom. The van der Waals surface area contributed by atoms with Crippen LogP contribution < -0.4 is 4.90 Å². The van der Waals surface area contributed by atoms with E-state index in [0.29, 0.717) is 0 Å². The molecule has 1 aliphatic rings. The van der Waals surface area contributed by atoms with Crippen molar-refractivity contribution in [3.05, 3.63) is 40.4 Å². The van der Waals surface area contributed by atoms with Crippen LogP contribution >= 0.6 is 0 Å². The summed E-state index contributed by atoms with van der Waals surface area (Å²) >= 11 is 0. The lowest BCUT2D eigenvalue weighted by molar-refractivity contribution is -0.384. The molecule has 1 aromatic carbocycles. The topological polar surface area (TPSA) is 62.5 Å². The fourth-order valence-electron chi connectivity index (χ4n) is 3.88. The molecule has 0 unspecified atom stereocenters. The van der Waals surface area contributed by atoms with Gasteiger partial charge in [-0.15, -0.1) is 0 Å². The number of piperazine rings is 1. The monoisotopic (exact) mass is 384 g/mol. The van der Waals surface area contributed by atoms with E-state index >= 15 is 0 Å². The normalized spacial score (nSPS) is 15.2. The number of nitro benzene ring substituents is 1. The molecule has 0 amide bonds. The van der Waals surface area contributed by atoms with Crippen molar-refractivity contribution in [3.8, 4) is 0 Å². The van der Waals surface area contributed by atoms with Crippen LogP contribution in [-0.4, -0.2) is 47.5 Å². The highest BCUT2D eigenvalue weighted by atomic mass is 16.6. The van der Waals surface area contributed by atoms with Crippen LogP contribution in [0.2, 0.25) is 0 Å². The second-order valence-electron chi connectivity index (χ2n) is 7.75. The Balaban J connectivity index is 1.44. The van der Waals surface area contributed by atoms with Crippen molar-refractivity contribution in [2.45, 2.75) is 51.9 Å². The highest BCUT2D eigenvalue weighted by molar-refractivity contribution is 5.82. The van der Waals surface area contributed by atoms with Crippen LogP contribution in [0.4, 0.5) is 11.5 Å². The molecule has 0 aliphatic carbocycles. The van der Waals surface area contributed by atoms with Gasteiger partial charge >= 0.3 is 0 Å². The summed E-state index contributed by atoms with van der Waals surface area (Å²) < 4.78 is 0. The molecule has 1 aliphatic heterocycles. The van der Waals surface area contributed by atoms with Crippen LogP contribution in [0.15, 0.2) is 30.3 Å². The van der Waals surface area contributed by atoms with E-state index in [1.807, 2.05) is 12.1 Å². The molecule has 1 saturated heterocycles. The van der Waals surface area contributed by atoms with Gasteiger partial charge < -0.3 is 4.90 Å². The van der Waals surface area contributed by atoms with Crippen LogP contribution in [-0.2, 0) is 0 Å². The van der Waals surface area contributed by atoms with Gasteiger partial charge in [0.1, 0.15) is 5.82 Å². The summed E-state index contributed by atoms with van der Waals surface area (Å²) in [5, 5.41) is 11.7. The number of nitrogens with zero attached hydrogens (tertiary/aromatic N) is 4. The number of hydrogen-bond donors (Lipinski definition) is 0. The number of aromatic nitrogens is 1. The summed E-state index contributed by atoms with van der Waals surface area (Å²) in [7, 11) is 0. The number of non-ortho nitro benzene ring substituents is 1. The molecule has 0 bridgehead atoms. The molecule has 0 N–H and O–H groups in total. The fourth-order valence-corrected chi connectivity index (χ4v) is 3.88. The number of benzene rings is 1. The van der Waals surface area contributed by atoms with E-state index in [2.05, 4.69) is 16.7 Å². The average Bonchev–Trinajstić information content (AvgIpc) is 2.72. The largest absolute Gasteiger partial charge is 0.354 e. The maximum Gasteiger partial charge on any atom is 0.270 e. The highest BCUT2D eigenvalue weighted by Crippen LogP contribution is 2.23. The third-order valence-corrected chi connectivity index (χ3v) is 5.64. The van der Waals surface area contributed by atoms with Crippen LogP contribution in [0.3, 0.4) is 0 Å². The summed E-state index contributed by atoms with van der Waals surface area (Å²) in [6, 6.07) is 8.78. The molecule has 0 radical (unpaired) electrons. The summed E-state index contributed by atoms with van der Waals surface area (Å²) in [6.45, 7) is 7.60. The molecule has 3 rings (SSSR count). The molecule has 1 aromatic heterocycles. The van der Waals surface area contributed by atoms with Gasteiger partial charge in [-0.1, -0.05) is 45.4 Å². The van der Waals surface area contributed by atoms with E-state index in [1.165, 1.54) is 57.6 Å². The first kappa shape index (κ1) is 20.5. The van der Waals surface area contributed by atoms with E-state index in [0.717, 1.165) is 42.9 Å². The lowest BCUT2D eigenvalue weighted by Gasteiger charge is -2.35. The number of pyridine rings is 1. The molecule has 0 saturated carbocycles. The van der Waals surface area contributed by atoms with Crippen molar-refractivity contribution in [2.75, 3.05) is 37.6 Å². The lowest BCUT2D eigenvalue weighted by atomic mass is 10.1. The third-order valence-electron chi connectivity index (χ3n) is 5.64. The number of rotatable bonds is 10. The van der Waals surface area contributed by atoms with Gasteiger partial charge in [-0.25, -0.2) is 4.98 Å². The quantitative estimate of drug-likeness (QED) is 0.327. The van der Waals surface area contributed by atoms with Gasteiger partial charge in [0.2, 0.25) is 0 Å². The maximum atomic E-state index is 10.9. The van der Waals surface area contributed by atoms with Crippen molar-refractivity contribution >= 4 is 22.4 Å². The predicted molar refractivity (Wildman–Crippen MR) is 115 cm³/mol. The highest BCUT2D eigenvalue weighted by Gasteiger charge is 2.18. The van der Waals surface area contributed by atoms with Gasteiger partial charge in [-0.2, -0.15) is 0 Å². The fraction of sp³-hybridized carbons (Fsp3) is 0.591. The van der Waals surface area contributed by atoms with Crippen LogP contribution in [0.1, 0.15) is 51.9 Å². The Kier molecular flexibility index (Phi) is 7.60. The van der Waals surface area contributed by atoms with Gasteiger partial charge in [-0.05, 0) is 31.2 Å². The van der Waals surface area contributed by atoms with Gasteiger partial charge in [0.05, 0.1) is 10.4 Å². The molecule has 152 valence electrons. The average molecular weight is 385 g/mol. The van der Waals surface area contributed by atoms with Crippen molar-refractivity contribution in [1.29, 1.82) is 0 Å². The minimum Gasteiger partial charge on any atom is -0.354 e. The summed E-state index contributed by atoms with van der Waals surface area (Å²) in [5.74, 6) is 0.969. The molecule has 0 atom stereocenters. The molecular weight excluding hydrogens is 352 g/mol. The second kappa shape index (κ2) is 10.4. The summed E-state index contributed by atoms with van der Waals surface area (Å²) in [5.41, 5.74) is 0.926. The van der Waals surface area contributed by atoms with Crippen molar-refractivity contribution < 1.29 is 4.92 Å². The number of unbranched alkanes of at least 4 members (excludes halogenated alkanes) is 6. The Labute approximate surface area is 167 Å². The van der Waals surface area contributed by atoms with Gasteiger partial charge in [0.15, 0.2) is 0 Å². The molecule has 0 spiro atoms. The zero-order valence-electron chi connectivity index (χ0n) is 17.0. The molecule has 2 aromatic rings. The van der Waals surface area contributed by atoms with Crippen molar-refractivity contribution in [3.63, 3.8) is 0 Å². The van der Waals surface area contributed by atoms with E-state index in [1.54, 1.807) is 12.1 Å². The first-order valence-corrected chi connectivity index (χ1v) is 10.7. The maximum absolute atomic E-state index is 10.9. The molecule has 1 fully saturated rings. The molecular formula is C22H32N4O2. The summed E-state index contributed by atoms with van der Waals surface area (Å²) in [4.78, 5) is 20.2. The smallest absolute Gasteiger partial charge is 0.270 e. The van der Waals surface area contributed by atoms with Gasteiger partial charge in [0, 0.05) is 43.7 Å². The van der Waals surface area contributed by atoms with Crippen molar-refractivity contribution in [2.24, 2.45) is 0 Å².